The van der Waals surface area contributed by atoms with Gasteiger partial charge in [0.1, 0.15) is 24.2 Å². The van der Waals surface area contributed by atoms with E-state index in [0.717, 1.165) is 23.3 Å². The SMILES string of the molecule is CCCCCCc1ccc(COc2ccc(/C=C/CNCCC(=O)OCl)c(Cl)c2)cc1. The zero-order valence-electron chi connectivity index (χ0n) is 18.0. The number of halogens is 2. The van der Waals surface area contributed by atoms with Gasteiger partial charge in [-0.25, -0.2) is 0 Å². The fourth-order valence-corrected chi connectivity index (χ4v) is 3.37. The second kappa shape index (κ2) is 14.9. The molecule has 0 aromatic heterocycles. The highest BCUT2D eigenvalue weighted by molar-refractivity contribution is 6.32. The van der Waals surface area contributed by atoms with Gasteiger partial charge in [-0.1, -0.05) is 74.2 Å². The summed E-state index contributed by atoms with van der Waals surface area (Å²) in [5.41, 5.74) is 3.43. The summed E-state index contributed by atoms with van der Waals surface area (Å²) in [7, 11) is 0. The third-order valence-corrected chi connectivity index (χ3v) is 5.37. The van der Waals surface area contributed by atoms with Crippen molar-refractivity contribution in [2.24, 2.45) is 0 Å². The Hall–Kier alpha value is -2.01. The molecular formula is C25H31Cl2NO3. The molecule has 0 aliphatic heterocycles. The van der Waals surface area contributed by atoms with Crippen LogP contribution in [0.2, 0.25) is 5.02 Å². The van der Waals surface area contributed by atoms with Crippen molar-refractivity contribution in [3.05, 3.63) is 70.3 Å². The summed E-state index contributed by atoms with van der Waals surface area (Å²) in [6.45, 7) is 3.85. The Labute approximate surface area is 195 Å². The van der Waals surface area contributed by atoms with E-state index in [1.54, 1.807) is 0 Å². The van der Waals surface area contributed by atoms with Crippen LogP contribution >= 0.6 is 23.5 Å². The molecule has 31 heavy (non-hydrogen) atoms. The summed E-state index contributed by atoms with van der Waals surface area (Å²) in [5.74, 6) is 0.290. The normalized spacial score (nSPS) is 11.1. The molecule has 6 heteroatoms. The first-order chi connectivity index (χ1) is 15.1. The van der Waals surface area contributed by atoms with E-state index in [2.05, 4.69) is 40.8 Å². The summed E-state index contributed by atoms with van der Waals surface area (Å²) < 4.78 is 9.97. The number of hydrogen-bond donors (Lipinski definition) is 1. The number of unbranched alkanes of at least 4 members (excludes halogenated alkanes) is 3. The molecule has 0 amide bonds. The number of nitrogens with one attached hydrogen (secondary N) is 1. The van der Waals surface area contributed by atoms with E-state index in [-0.39, 0.29) is 6.42 Å². The molecule has 0 heterocycles. The van der Waals surface area contributed by atoms with Gasteiger partial charge in [0.2, 0.25) is 0 Å². The lowest BCUT2D eigenvalue weighted by Gasteiger charge is -2.09. The molecule has 0 aliphatic carbocycles. The van der Waals surface area contributed by atoms with Crippen LogP contribution < -0.4 is 10.1 Å². The van der Waals surface area contributed by atoms with Crippen LogP contribution in [0.3, 0.4) is 0 Å². The average molecular weight is 464 g/mol. The number of rotatable bonds is 14. The molecule has 0 spiro atoms. The first-order valence-corrected chi connectivity index (χ1v) is 11.5. The molecule has 0 bridgehead atoms. The summed E-state index contributed by atoms with van der Waals surface area (Å²) in [4.78, 5) is 10.9. The summed E-state index contributed by atoms with van der Waals surface area (Å²) in [6.07, 6.45) is 10.4. The van der Waals surface area contributed by atoms with Gasteiger partial charge in [-0.05, 0) is 47.7 Å². The second-order valence-electron chi connectivity index (χ2n) is 7.40. The molecule has 2 rings (SSSR count). The van der Waals surface area contributed by atoms with Gasteiger partial charge in [-0.2, -0.15) is 0 Å². The van der Waals surface area contributed by atoms with Crippen molar-refractivity contribution in [1.82, 2.24) is 5.32 Å². The summed E-state index contributed by atoms with van der Waals surface area (Å²) in [5, 5.41) is 3.72. The highest BCUT2D eigenvalue weighted by atomic mass is 35.5. The van der Waals surface area contributed by atoms with Crippen LogP contribution in [0.15, 0.2) is 48.5 Å². The Morgan fingerprint density at radius 2 is 1.84 bits per heavy atom. The molecule has 4 nitrogen and oxygen atoms in total. The minimum Gasteiger partial charge on any atom is -0.489 e. The van der Waals surface area contributed by atoms with Crippen LogP contribution in [0.1, 0.15) is 55.7 Å². The van der Waals surface area contributed by atoms with E-state index in [0.29, 0.717) is 24.7 Å². The van der Waals surface area contributed by atoms with Gasteiger partial charge in [0.15, 0.2) is 0 Å². The van der Waals surface area contributed by atoms with Crippen molar-refractivity contribution in [1.29, 1.82) is 0 Å². The van der Waals surface area contributed by atoms with Crippen molar-refractivity contribution >= 4 is 35.5 Å². The van der Waals surface area contributed by atoms with Gasteiger partial charge < -0.3 is 14.3 Å². The van der Waals surface area contributed by atoms with Crippen LogP contribution in [-0.4, -0.2) is 19.1 Å². The maximum absolute atomic E-state index is 10.9. The van der Waals surface area contributed by atoms with E-state index in [4.69, 9.17) is 28.2 Å². The highest BCUT2D eigenvalue weighted by Gasteiger charge is 2.03. The van der Waals surface area contributed by atoms with E-state index >= 15 is 0 Å². The molecule has 0 unspecified atom stereocenters. The average Bonchev–Trinajstić information content (AvgIpc) is 2.79. The van der Waals surface area contributed by atoms with E-state index in [9.17, 15) is 4.79 Å². The van der Waals surface area contributed by atoms with E-state index in [1.165, 1.54) is 31.2 Å². The lowest BCUT2D eigenvalue weighted by atomic mass is 10.0. The quantitative estimate of drug-likeness (QED) is 0.315. The predicted octanol–water partition coefficient (Wildman–Crippen LogP) is 6.73. The maximum Gasteiger partial charge on any atom is 0.326 e. The zero-order chi connectivity index (χ0) is 22.3. The molecule has 0 radical (unpaired) electrons. The Morgan fingerprint density at radius 1 is 1.06 bits per heavy atom. The van der Waals surface area contributed by atoms with Gasteiger partial charge in [0.05, 0.1) is 11.4 Å². The topological polar surface area (TPSA) is 47.6 Å². The fourth-order valence-electron chi connectivity index (χ4n) is 3.06. The monoisotopic (exact) mass is 463 g/mol. The molecular weight excluding hydrogens is 433 g/mol. The Balaban J connectivity index is 1.75. The predicted molar refractivity (Wildman–Crippen MR) is 129 cm³/mol. The van der Waals surface area contributed by atoms with Gasteiger partial charge in [0.25, 0.3) is 0 Å². The van der Waals surface area contributed by atoms with Crippen molar-refractivity contribution in [3.63, 3.8) is 0 Å². The molecule has 2 aromatic rings. The van der Waals surface area contributed by atoms with Crippen LogP contribution in [0.5, 0.6) is 5.75 Å². The Kier molecular flexibility index (Phi) is 12.1. The zero-order valence-corrected chi connectivity index (χ0v) is 19.6. The number of ether oxygens (including phenoxy) is 1. The van der Waals surface area contributed by atoms with Gasteiger partial charge in [-0.3, -0.25) is 4.79 Å². The minimum atomic E-state index is -0.449. The molecule has 0 fully saturated rings. The lowest BCUT2D eigenvalue weighted by molar-refractivity contribution is -0.133. The molecule has 0 aliphatic rings. The van der Waals surface area contributed by atoms with Crippen molar-refractivity contribution in [2.45, 2.75) is 52.1 Å². The van der Waals surface area contributed by atoms with Crippen molar-refractivity contribution < 1.29 is 13.8 Å². The van der Waals surface area contributed by atoms with Crippen LogP contribution in [-0.2, 0) is 22.1 Å². The molecule has 168 valence electrons. The highest BCUT2D eigenvalue weighted by Crippen LogP contribution is 2.24. The van der Waals surface area contributed by atoms with E-state index < -0.39 is 5.97 Å². The van der Waals surface area contributed by atoms with Crippen LogP contribution in [0.25, 0.3) is 6.08 Å². The first kappa shape index (κ1) is 25.3. The summed E-state index contributed by atoms with van der Waals surface area (Å²) in [6, 6.07) is 14.3. The Morgan fingerprint density at radius 3 is 2.55 bits per heavy atom. The maximum atomic E-state index is 10.9. The molecule has 0 saturated carbocycles. The largest absolute Gasteiger partial charge is 0.489 e. The van der Waals surface area contributed by atoms with Gasteiger partial charge >= 0.3 is 5.97 Å². The van der Waals surface area contributed by atoms with Crippen molar-refractivity contribution in [2.75, 3.05) is 13.1 Å². The third-order valence-electron chi connectivity index (χ3n) is 4.87. The van der Waals surface area contributed by atoms with Gasteiger partial charge in [0, 0.05) is 13.1 Å². The second-order valence-corrected chi connectivity index (χ2v) is 7.97. The fraction of sp³-hybridized carbons (Fsp3) is 0.400. The first-order valence-electron chi connectivity index (χ1n) is 10.8. The molecule has 0 atom stereocenters. The number of hydrogen-bond acceptors (Lipinski definition) is 4. The van der Waals surface area contributed by atoms with Crippen molar-refractivity contribution in [3.8, 4) is 5.75 Å². The van der Waals surface area contributed by atoms with Gasteiger partial charge in [-0.15, -0.1) is 0 Å². The van der Waals surface area contributed by atoms with Crippen LogP contribution in [0, 0.1) is 0 Å². The number of carbonyl (C=O) groups is 1. The smallest absolute Gasteiger partial charge is 0.326 e. The Bertz CT molecular complexity index is 822. The minimum absolute atomic E-state index is 0.228. The van der Waals surface area contributed by atoms with Crippen LogP contribution in [0.4, 0.5) is 0 Å². The van der Waals surface area contributed by atoms with E-state index in [1.807, 2.05) is 30.4 Å². The molecule has 0 saturated heterocycles. The standard InChI is InChI=1S/C25H31Cl2NO3/c1-2-3-4-5-7-20-9-11-21(12-10-20)19-30-23-14-13-22(24(26)18-23)8-6-16-28-17-15-25(29)31-27/h6,8-14,18,28H,2-5,7,15-17,19H2,1H3/b8-6+. The molecule has 2 aromatic carbocycles. The molecule has 1 N–H and O–H groups in total. The number of benzene rings is 2. The summed E-state index contributed by atoms with van der Waals surface area (Å²) >= 11 is 11.4. The lowest BCUT2D eigenvalue weighted by Crippen LogP contribution is -2.18. The third kappa shape index (κ3) is 10.2. The number of carbonyl (C=O) groups excluding carboxylic acids is 1. The number of aryl methyl sites for hydroxylation is 1.